The monoisotopic (exact) mass is 841 g/mol. The predicted molar refractivity (Wildman–Crippen MR) is 185 cm³/mol. The molecule has 0 saturated heterocycles. The fourth-order valence-corrected chi connectivity index (χ4v) is 7.39. The number of rotatable bonds is 5. The third-order valence-electron chi connectivity index (χ3n) is 8.01. The van der Waals surface area contributed by atoms with Crippen molar-refractivity contribution in [2.45, 2.75) is 46.1 Å². The number of benzene rings is 3. The number of hydrogen-bond acceptors (Lipinski definition) is 4. The van der Waals surface area contributed by atoms with Crippen LogP contribution in [0.1, 0.15) is 25.1 Å². The number of alkyl halides is 3. The van der Waals surface area contributed by atoms with Gasteiger partial charge >= 0.3 is 6.18 Å². The zero-order valence-corrected chi connectivity index (χ0v) is 30.9. The average Bonchev–Trinajstić information content (AvgIpc) is 3.58. The Morgan fingerprint density at radius 2 is 1.65 bits per heavy atom. The summed E-state index contributed by atoms with van der Waals surface area (Å²) >= 11 is 0. The fourth-order valence-electron chi connectivity index (χ4n) is 5.80. The normalized spacial score (nSPS) is 12.0. The van der Waals surface area contributed by atoms with Crippen LogP contribution in [0.4, 0.5) is 13.2 Å². The van der Waals surface area contributed by atoms with E-state index in [1.807, 2.05) is 54.1 Å². The molecule has 4 heterocycles. The molecule has 48 heavy (non-hydrogen) atoms. The number of imidazole rings is 1. The molecule has 249 valence electrons. The Morgan fingerprint density at radius 3 is 2.31 bits per heavy atom. The molecule has 0 amide bonds. The van der Waals surface area contributed by atoms with E-state index in [0.717, 1.165) is 34.8 Å². The van der Waals surface area contributed by atoms with E-state index in [9.17, 15) is 13.2 Å². The molecule has 5 nitrogen and oxygen atoms in total. The molecule has 10 heteroatoms. The molecule has 0 saturated carbocycles. The van der Waals surface area contributed by atoms with E-state index in [2.05, 4.69) is 78.9 Å². The summed E-state index contributed by atoms with van der Waals surface area (Å²) in [6, 6.07) is 30.2. The number of furan rings is 1. The van der Waals surface area contributed by atoms with Gasteiger partial charge in [-0.25, -0.2) is 4.98 Å². The van der Waals surface area contributed by atoms with Crippen LogP contribution >= 0.6 is 0 Å². The summed E-state index contributed by atoms with van der Waals surface area (Å²) < 4.78 is 46.5. The Hall–Kier alpha value is -4.11. The van der Waals surface area contributed by atoms with E-state index in [-0.39, 0.29) is 25.8 Å². The van der Waals surface area contributed by atoms with E-state index in [0.29, 0.717) is 33.7 Å². The first-order chi connectivity index (χ1) is 22.3. The number of aryl methyl sites for hydroxylation is 1. The van der Waals surface area contributed by atoms with Crippen molar-refractivity contribution in [1.29, 1.82) is 0 Å². The zero-order valence-electron chi connectivity index (χ0n) is 27.5. The number of para-hydroxylation sites is 2. The Bertz CT molecular complexity index is 2200. The molecule has 0 fully saturated rings. The van der Waals surface area contributed by atoms with Crippen LogP contribution in [0, 0.1) is 18.1 Å². The van der Waals surface area contributed by atoms with Gasteiger partial charge in [0.05, 0.1) is 30.5 Å². The predicted octanol–water partition coefficient (Wildman–Crippen LogP) is 9.64. The van der Waals surface area contributed by atoms with Gasteiger partial charge < -0.3 is 14.0 Å². The molecule has 0 aliphatic heterocycles. The summed E-state index contributed by atoms with van der Waals surface area (Å²) in [5.74, 6) is 1.29. The first kappa shape index (κ1) is 35.2. The van der Waals surface area contributed by atoms with Crippen LogP contribution in [0.25, 0.3) is 55.7 Å². The van der Waals surface area contributed by atoms with Gasteiger partial charge in [-0.3, -0.25) is 4.98 Å². The molecule has 4 aromatic heterocycles. The maximum Gasteiger partial charge on any atom is 0.433 e. The van der Waals surface area contributed by atoms with Crippen LogP contribution in [0.2, 0.25) is 19.6 Å². The molecule has 0 unspecified atom stereocenters. The molecular weight excluding hydrogens is 806 g/mol. The van der Waals surface area contributed by atoms with E-state index < -0.39 is 19.9 Å². The molecule has 7 rings (SSSR count). The summed E-state index contributed by atoms with van der Waals surface area (Å²) in [6.45, 7) is 11.7. The number of halogens is 3. The summed E-state index contributed by atoms with van der Waals surface area (Å²) in [7, 11) is 0.534. The Labute approximate surface area is 292 Å². The van der Waals surface area contributed by atoms with Gasteiger partial charge in [-0.15, -0.1) is 54.1 Å². The van der Waals surface area contributed by atoms with Crippen molar-refractivity contribution in [1.82, 2.24) is 19.5 Å². The van der Waals surface area contributed by atoms with Crippen LogP contribution in [0.5, 0.6) is 0 Å². The van der Waals surface area contributed by atoms with Crippen LogP contribution in [-0.2, 0) is 39.8 Å². The van der Waals surface area contributed by atoms with Crippen molar-refractivity contribution < 1.29 is 37.7 Å². The molecule has 0 N–H and O–H groups in total. The molecule has 0 aliphatic rings. The van der Waals surface area contributed by atoms with Crippen LogP contribution in [0.15, 0.2) is 89.5 Å². The molecule has 0 bridgehead atoms. The second-order valence-electron chi connectivity index (χ2n) is 13.1. The van der Waals surface area contributed by atoms with Crippen molar-refractivity contribution in [2.75, 3.05) is 0 Å². The van der Waals surface area contributed by atoms with E-state index in [1.54, 1.807) is 12.1 Å². The number of aromatic nitrogens is 4. The van der Waals surface area contributed by atoms with Gasteiger partial charge in [0.2, 0.25) is 5.71 Å². The summed E-state index contributed by atoms with van der Waals surface area (Å²) in [6.07, 6.45) is -1.29. The Morgan fingerprint density at radius 1 is 0.896 bits per heavy atom. The van der Waals surface area contributed by atoms with E-state index in [1.165, 1.54) is 16.8 Å². The second-order valence-corrected chi connectivity index (χ2v) is 18.1. The van der Waals surface area contributed by atoms with Gasteiger partial charge in [0.15, 0.2) is 0 Å². The summed E-state index contributed by atoms with van der Waals surface area (Å²) in [5, 5.41) is 2.69. The van der Waals surface area contributed by atoms with Crippen molar-refractivity contribution >= 4 is 46.4 Å². The Kier molecular flexibility index (Phi) is 10.1. The quantitative estimate of drug-likeness (QED) is 0.128. The molecule has 0 atom stereocenters. The van der Waals surface area contributed by atoms with Gasteiger partial charge in [-0.1, -0.05) is 68.2 Å². The first-order valence-electron chi connectivity index (χ1n) is 15.5. The first-order valence-corrected chi connectivity index (χ1v) is 19.0. The molecule has 0 aliphatic carbocycles. The Balaban J connectivity index is 0.000000193. The fraction of sp³-hybridized carbons (Fsp3) is 0.237. The topological polar surface area (TPSA) is 56.7 Å². The van der Waals surface area contributed by atoms with Gasteiger partial charge in [0.25, 0.3) is 0 Å². The zero-order chi connectivity index (χ0) is 33.5. The van der Waals surface area contributed by atoms with Crippen LogP contribution in [0.3, 0.4) is 0 Å². The SMILES string of the molecule is CC(C)Cc1cc(-c2[c-]cccc2)ncc1[Si](C)(C)C.Cn1c(-c2[c-]ccc3c2oc2nc(C(F)(F)F)ccc23)nc2ccccc21.[Ir]. The number of hydrogen-bond donors (Lipinski definition) is 0. The second kappa shape index (κ2) is 13.8. The summed E-state index contributed by atoms with van der Waals surface area (Å²) in [4.78, 5) is 13.0. The largest absolute Gasteiger partial charge is 0.486 e. The van der Waals surface area contributed by atoms with Gasteiger partial charge in [-0.05, 0) is 47.5 Å². The van der Waals surface area contributed by atoms with E-state index >= 15 is 0 Å². The van der Waals surface area contributed by atoms with Gasteiger partial charge in [-0.2, -0.15) is 13.2 Å². The van der Waals surface area contributed by atoms with Crippen LogP contribution in [-0.4, -0.2) is 27.6 Å². The van der Waals surface area contributed by atoms with Crippen molar-refractivity contribution in [3.8, 4) is 22.6 Å². The molecule has 0 spiro atoms. The van der Waals surface area contributed by atoms with Gasteiger partial charge in [0.1, 0.15) is 5.69 Å². The molecule has 7 aromatic rings. The smallest absolute Gasteiger partial charge is 0.433 e. The average molecular weight is 841 g/mol. The minimum atomic E-state index is -4.53. The summed E-state index contributed by atoms with van der Waals surface area (Å²) in [5.41, 5.74) is 5.31. The molecule has 3 aromatic carbocycles. The van der Waals surface area contributed by atoms with Crippen molar-refractivity contribution in [2.24, 2.45) is 13.0 Å². The maximum atomic E-state index is 13.0. The van der Waals surface area contributed by atoms with Gasteiger partial charge in [0, 0.05) is 38.7 Å². The maximum absolute atomic E-state index is 13.0. The number of fused-ring (bicyclic) bond motifs is 4. The van der Waals surface area contributed by atoms with Crippen LogP contribution < -0.4 is 5.19 Å². The van der Waals surface area contributed by atoms with E-state index in [4.69, 9.17) is 4.42 Å². The third kappa shape index (κ3) is 7.16. The molecule has 1 radical (unpaired) electrons. The molecular formula is C38H35F3IrN4OSi-2. The third-order valence-corrected chi connectivity index (χ3v) is 10.1. The minimum Gasteiger partial charge on any atom is -0.486 e. The number of pyridine rings is 2. The van der Waals surface area contributed by atoms with Crippen molar-refractivity contribution in [3.63, 3.8) is 0 Å². The standard InChI is InChI=1S/C20H11F3N3O.C18H24NSi.Ir/c1-26-15-8-3-2-7-14(15)24-18(26)13-6-4-5-11-12-9-10-16(20(21,22)23)25-19(12)27-17(11)13;1-14(2)11-16-12-17(15-9-7-6-8-10-15)19-13-18(16)20(3,4)5;/h2-5,7-10H,1H3;6-9,12-14H,11H2,1-5H3;/q2*-1;. The minimum absolute atomic E-state index is 0. The van der Waals surface area contributed by atoms with Crippen molar-refractivity contribution in [3.05, 3.63) is 108 Å². The number of nitrogens with zero attached hydrogens (tertiary/aromatic N) is 4.